The molecule has 16 heavy (non-hydrogen) atoms. The van der Waals surface area contributed by atoms with Crippen molar-refractivity contribution in [2.45, 2.75) is 6.04 Å². The molecule has 0 radical (unpaired) electrons. The number of carbonyl (C=O) groups is 1. The van der Waals surface area contributed by atoms with Gasteiger partial charge < -0.3 is 10.6 Å². The average molecular weight is 257 g/mol. The first-order chi connectivity index (χ1) is 7.77. The number of benzene rings is 1. The van der Waals surface area contributed by atoms with Crippen molar-refractivity contribution in [2.24, 2.45) is 0 Å². The Morgan fingerprint density at radius 3 is 3.00 bits per heavy atom. The van der Waals surface area contributed by atoms with Crippen LogP contribution in [0, 0.1) is 0 Å². The number of anilines is 1. The highest BCUT2D eigenvalue weighted by molar-refractivity contribution is 7.99. The quantitative estimate of drug-likeness (QED) is 0.850. The van der Waals surface area contributed by atoms with Crippen molar-refractivity contribution in [2.75, 3.05) is 23.4 Å². The molecule has 5 heteroatoms. The average Bonchev–Trinajstić information content (AvgIpc) is 2.33. The van der Waals surface area contributed by atoms with E-state index in [4.69, 9.17) is 11.6 Å². The molecule has 86 valence electrons. The highest BCUT2D eigenvalue weighted by Crippen LogP contribution is 2.21. The molecule has 1 aliphatic rings. The molecule has 1 atom stereocenters. The van der Waals surface area contributed by atoms with Crippen molar-refractivity contribution in [1.82, 2.24) is 5.32 Å². The van der Waals surface area contributed by atoms with Crippen LogP contribution in [0.5, 0.6) is 0 Å². The predicted molar refractivity (Wildman–Crippen MR) is 69.2 cm³/mol. The van der Waals surface area contributed by atoms with Gasteiger partial charge in [0.2, 0.25) is 5.91 Å². The number of para-hydroxylation sites is 1. The topological polar surface area (TPSA) is 41.1 Å². The van der Waals surface area contributed by atoms with Crippen LogP contribution in [0.2, 0.25) is 5.02 Å². The number of thioether (sulfide) groups is 1. The first-order valence-electron chi connectivity index (χ1n) is 5.14. The van der Waals surface area contributed by atoms with Crippen LogP contribution < -0.4 is 10.6 Å². The van der Waals surface area contributed by atoms with E-state index in [1.54, 1.807) is 23.9 Å². The summed E-state index contributed by atoms with van der Waals surface area (Å²) in [7, 11) is 0. The van der Waals surface area contributed by atoms with E-state index in [9.17, 15) is 4.79 Å². The fraction of sp³-hybridized carbons (Fsp3) is 0.364. The Balaban J connectivity index is 1.99. The third-order valence-electron chi connectivity index (χ3n) is 2.37. The van der Waals surface area contributed by atoms with Crippen LogP contribution in [0.15, 0.2) is 24.3 Å². The number of hydrogen-bond acceptors (Lipinski definition) is 3. The molecule has 0 aromatic heterocycles. The summed E-state index contributed by atoms with van der Waals surface area (Å²) >= 11 is 7.76. The van der Waals surface area contributed by atoms with Crippen molar-refractivity contribution in [1.29, 1.82) is 0 Å². The smallest absolute Gasteiger partial charge is 0.242 e. The molecular weight excluding hydrogens is 244 g/mol. The summed E-state index contributed by atoms with van der Waals surface area (Å²) in [6.07, 6.45) is 0. The molecule has 1 unspecified atom stereocenters. The standard InChI is InChI=1S/C11H13ClN2OS/c12-8-3-1-2-4-9(8)14-11(15)10-7-16-6-5-13-10/h1-4,10,13H,5-7H2,(H,14,15). The third-order valence-corrected chi connectivity index (χ3v) is 3.76. The zero-order chi connectivity index (χ0) is 11.4. The molecule has 2 N–H and O–H groups in total. The number of amides is 1. The van der Waals surface area contributed by atoms with E-state index >= 15 is 0 Å². The molecule has 0 bridgehead atoms. The van der Waals surface area contributed by atoms with Crippen LogP contribution in [0.1, 0.15) is 0 Å². The Bertz CT molecular complexity index is 380. The van der Waals surface area contributed by atoms with E-state index in [1.165, 1.54) is 0 Å². The normalized spacial score (nSPS) is 20.4. The largest absolute Gasteiger partial charge is 0.323 e. The van der Waals surface area contributed by atoms with Crippen molar-refractivity contribution < 1.29 is 4.79 Å². The van der Waals surface area contributed by atoms with E-state index in [1.807, 2.05) is 12.1 Å². The Hall–Kier alpha value is -0.710. The summed E-state index contributed by atoms with van der Waals surface area (Å²) < 4.78 is 0. The van der Waals surface area contributed by atoms with Crippen molar-refractivity contribution in [3.63, 3.8) is 0 Å². The number of halogens is 1. The first kappa shape index (κ1) is 11.8. The molecule has 3 nitrogen and oxygen atoms in total. The van der Waals surface area contributed by atoms with E-state index < -0.39 is 0 Å². The molecule has 0 aliphatic carbocycles. The van der Waals surface area contributed by atoms with Crippen molar-refractivity contribution >= 4 is 35.0 Å². The lowest BCUT2D eigenvalue weighted by atomic mass is 10.2. The van der Waals surface area contributed by atoms with E-state index in [2.05, 4.69) is 10.6 Å². The lowest BCUT2D eigenvalue weighted by molar-refractivity contribution is -0.117. The fourth-order valence-electron chi connectivity index (χ4n) is 1.52. The maximum atomic E-state index is 11.9. The third kappa shape index (κ3) is 2.90. The Morgan fingerprint density at radius 2 is 2.31 bits per heavy atom. The van der Waals surface area contributed by atoms with Crippen LogP contribution in [-0.2, 0) is 4.79 Å². The van der Waals surface area contributed by atoms with Gasteiger partial charge in [0.05, 0.1) is 16.8 Å². The zero-order valence-electron chi connectivity index (χ0n) is 8.70. The van der Waals surface area contributed by atoms with Crippen LogP contribution in [0.3, 0.4) is 0 Å². The second kappa shape index (κ2) is 5.57. The summed E-state index contributed by atoms with van der Waals surface area (Å²) in [5, 5.41) is 6.58. The number of rotatable bonds is 2. The van der Waals surface area contributed by atoms with Crippen molar-refractivity contribution in [3.8, 4) is 0 Å². The number of hydrogen-bond donors (Lipinski definition) is 2. The number of nitrogens with one attached hydrogen (secondary N) is 2. The summed E-state index contributed by atoms with van der Waals surface area (Å²) in [4.78, 5) is 11.9. The Kier molecular flexibility index (Phi) is 4.09. The molecular formula is C11H13ClN2OS. The van der Waals surface area contributed by atoms with Gasteiger partial charge in [0.1, 0.15) is 0 Å². The Labute approximate surface area is 104 Å². The van der Waals surface area contributed by atoms with Crippen LogP contribution in [-0.4, -0.2) is 30.0 Å². The lowest BCUT2D eigenvalue weighted by Crippen LogP contribution is -2.46. The molecule has 0 spiro atoms. The van der Waals surface area contributed by atoms with Gasteiger partial charge in [-0.25, -0.2) is 0 Å². The van der Waals surface area contributed by atoms with Gasteiger partial charge >= 0.3 is 0 Å². The summed E-state index contributed by atoms with van der Waals surface area (Å²) in [6, 6.07) is 7.14. The van der Waals surface area contributed by atoms with E-state index in [0.29, 0.717) is 10.7 Å². The number of carbonyl (C=O) groups excluding carboxylic acids is 1. The summed E-state index contributed by atoms with van der Waals surface area (Å²) in [5.41, 5.74) is 0.673. The maximum Gasteiger partial charge on any atom is 0.242 e. The van der Waals surface area contributed by atoms with Gasteiger partial charge in [-0.1, -0.05) is 23.7 Å². The van der Waals surface area contributed by atoms with Gasteiger partial charge in [0, 0.05) is 18.1 Å². The predicted octanol–water partition coefficient (Wildman–Crippen LogP) is 1.98. The minimum Gasteiger partial charge on any atom is -0.323 e. The van der Waals surface area contributed by atoms with Crippen molar-refractivity contribution in [3.05, 3.63) is 29.3 Å². The molecule has 1 aromatic carbocycles. The molecule has 2 rings (SSSR count). The van der Waals surface area contributed by atoms with Crippen LogP contribution in [0.25, 0.3) is 0 Å². The Morgan fingerprint density at radius 1 is 1.50 bits per heavy atom. The highest BCUT2D eigenvalue weighted by Gasteiger charge is 2.21. The molecule has 1 fully saturated rings. The summed E-state index contributed by atoms with van der Waals surface area (Å²) in [6.45, 7) is 0.880. The minimum absolute atomic E-state index is 0.0136. The first-order valence-corrected chi connectivity index (χ1v) is 6.67. The maximum absolute atomic E-state index is 11.9. The van der Waals surface area contributed by atoms with E-state index in [-0.39, 0.29) is 11.9 Å². The monoisotopic (exact) mass is 256 g/mol. The van der Waals surface area contributed by atoms with Gasteiger partial charge in [0.15, 0.2) is 0 Å². The second-order valence-electron chi connectivity index (χ2n) is 3.55. The molecule has 1 aliphatic heterocycles. The molecule has 1 amide bonds. The van der Waals surface area contributed by atoms with Crippen LogP contribution in [0.4, 0.5) is 5.69 Å². The zero-order valence-corrected chi connectivity index (χ0v) is 10.3. The highest BCUT2D eigenvalue weighted by atomic mass is 35.5. The molecule has 1 aromatic rings. The van der Waals surface area contributed by atoms with Gasteiger partial charge in [-0.15, -0.1) is 0 Å². The second-order valence-corrected chi connectivity index (χ2v) is 5.11. The lowest BCUT2D eigenvalue weighted by Gasteiger charge is -2.22. The van der Waals surface area contributed by atoms with Crippen LogP contribution >= 0.6 is 23.4 Å². The van der Waals surface area contributed by atoms with Gasteiger partial charge in [-0.2, -0.15) is 11.8 Å². The molecule has 1 heterocycles. The SMILES string of the molecule is O=C(Nc1ccccc1Cl)C1CSCCN1. The van der Waals surface area contributed by atoms with Gasteiger partial charge in [-0.3, -0.25) is 4.79 Å². The molecule has 0 saturated carbocycles. The van der Waals surface area contributed by atoms with E-state index in [0.717, 1.165) is 18.1 Å². The summed E-state index contributed by atoms with van der Waals surface area (Å²) in [5.74, 6) is 1.87. The molecule has 1 saturated heterocycles. The fourth-order valence-corrected chi connectivity index (χ4v) is 2.63. The van der Waals surface area contributed by atoms with Gasteiger partial charge in [0.25, 0.3) is 0 Å². The minimum atomic E-state index is -0.116. The van der Waals surface area contributed by atoms with Gasteiger partial charge in [-0.05, 0) is 12.1 Å².